The number of carbonyl (C=O) groups is 1. The van der Waals surface area contributed by atoms with Crippen molar-refractivity contribution in [3.63, 3.8) is 0 Å². The summed E-state index contributed by atoms with van der Waals surface area (Å²) in [6, 6.07) is 22.7. The van der Waals surface area contributed by atoms with E-state index in [1.54, 1.807) is 0 Å². The average Bonchev–Trinajstić information content (AvgIpc) is 2.66. The van der Waals surface area contributed by atoms with E-state index < -0.39 is 0 Å². The van der Waals surface area contributed by atoms with Crippen LogP contribution in [0, 0.1) is 19.9 Å². The van der Waals surface area contributed by atoms with Gasteiger partial charge in [0, 0.05) is 40.8 Å². The topological polar surface area (TPSA) is 50.2 Å². The van der Waals surface area contributed by atoms with Crippen molar-refractivity contribution in [3.05, 3.63) is 89.8 Å². The van der Waals surface area contributed by atoms with Crippen LogP contribution in [0.15, 0.2) is 72.6 Å². The summed E-state index contributed by atoms with van der Waals surface area (Å²) in [5, 5.41) is 13.3. The minimum Gasteiger partial charge on any atom is -0.512 e. The number of pyridine rings is 1. The van der Waals surface area contributed by atoms with Crippen molar-refractivity contribution in [2.45, 2.75) is 27.7 Å². The Morgan fingerprint density at radius 2 is 1.68 bits per heavy atom. The molecule has 31 heavy (non-hydrogen) atoms. The van der Waals surface area contributed by atoms with Crippen molar-refractivity contribution < 1.29 is 30.0 Å². The fraction of sp³-hybridized carbons (Fsp3) is 0.154. The number of hydrogen-bond donors (Lipinski definition) is 1. The molecule has 0 saturated carbocycles. The Balaban J connectivity index is 0.000000469. The molecule has 1 aromatic heterocycles. The van der Waals surface area contributed by atoms with Gasteiger partial charge in [0.25, 0.3) is 0 Å². The smallest absolute Gasteiger partial charge is 0.155 e. The second kappa shape index (κ2) is 11.6. The van der Waals surface area contributed by atoms with Gasteiger partial charge in [-0.05, 0) is 47.2 Å². The molecule has 3 nitrogen and oxygen atoms in total. The fourth-order valence-electron chi connectivity index (χ4n) is 3.47. The SMILES string of the molecule is CC(=O)C=C(C)O.Cc1[c-]c(-c2nccc3ccc4ccccc4c23)cc(C)c1.[B].[Ir]. The number of allylic oxidation sites excluding steroid dienone is 2. The molecule has 4 radical (unpaired) electrons. The minimum atomic E-state index is -0.125. The first kappa shape index (κ1) is 26.3. The first-order valence-corrected chi connectivity index (χ1v) is 9.50. The summed E-state index contributed by atoms with van der Waals surface area (Å²) in [4.78, 5) is 14.7. The Morgan fingerprint density at radius 3 is 2.29 bits per heavy atom. The van der Waals surface area contributed by atoms with Crippen LogP contribution >= 0.6 is 0 Å². The van der Waals surface area contributed by atoms with Crippen LogP contribution in [0.5, 0.6) is 0 Å². The quantitative estimate of drug-likeness (QED) is 0.101. The van der Waals surface area contributed by atoms with E-state index in [4.69, 9.17) is 5.11 Å². The summed E-state index contributed by atoms with van der Waals surface area (Å²) >= 11 is 0. The molecular formula is C26H24BIrNO2-. The Hall–Kier alpha value is -2.75. The van der Waals surface area contributed by atoms with Crippen molar-refractivity contribution in [2.75, 3.05) is 0 Å². The Kier molecular flexibility index (Phi) is 9.83. The number of rotatable bonds is 2. The van der Waals surface area contributed by atoms with Crippen molar-refractivity contribution in [1.82, 2.24) is 4.98 Å². The Labute approximate surface area is 199 Å². The molecule has 5 heteroatoms. The molecule has 1 N–H and O–H groups in total. The van der Waals surface area contributed by atoms with Crippen LogP contribution in [0.2, 0.25) is 0 Å². The summed E-state index contributed by atoms with van der Waals surface area (Å²) in [5.74, 6) is -0.0625. The number of hydrogen-bond acceptors (Lipinski definition) is 3. The molecule has 0 atom stereocenters. The molecule has 3 aromatic carbocycles. The van der Waals surface area contributed by atoms with Gasteiger partial charge in [-0.3, -0.25) is 4.79 Å². The Bertz CT molecular complexity index is 1210. The minimum absolute atomic E-state index is 0. The van der Waals surface area contributed by atoms with Gasteiger partial charge in [0.1, 0.15) is 0 Å². The normalized spacial score (nSPS) is 10.5. The summed E-state index contributed by atoms with van der Waals surface area (Å²) in [6.07, 6.45) is 3.05. The van der Waals surface area contributed by atoms with Gasteiger partial charge in [-0.25, -0.2) is 0 Å². The summed E-state index contributed by atoms with van der Waals surface area (Å²) in [7, 11) is 0. The van der Waals surface area contributed by atoms with Gasteiger partial charge in [0.2, 0.25) is 0 Å². The summed E-state index contributed by atoms with van der Waals surface area (Å²) < 4.78 is 0. The summed E-state index contributed by atoms with van der Waals surface area (Å²) in [6.45, 7) is 7.05. The zero-order chi connectivity index (χ0) is 21.0. The van der Waals surface area contributed by atoms with E-state index in [2.05, 4.69) is 79.5 Å². The molecular weight excluding hydrogens is 561 g/mol. The number of carbonyl (C=O) groups excluding carboxylic acids is 1. The maximum absolute atomic E-state index is 10.0. The zero-order valence-electron chi connectivity index (χ0n) is 18.1. The van der Waals surface area contributed by atoms with Crippen LogP contribution < -0.4 is 0 Å². The molecule has 0 aliphatic carbocycles. The van der Waals surface area contributed by atoms with E-state index in [-0.39, 0.29) is 40.1 Å². The van der Waals surface area contributed by atoms with E-state index in [1.165, 1.54) is 47.0 Å². The number of benzene rings is 3. The van der Waals surface area contributed by atoms with Gasteiger partial charge >= 0.3 is 0 Å². The van der Waals surface area contributed by atoms with Crippen LogP contribution in [0.3, 0.4) is 0 Å². The third kappa shape index (κ3) is 6.62. The molecule has 0 aliphatic heterocycles. The predicted molar refractivity (Wildman–Crippen MR) is 126 cm³/mol. The molecule has 0 aliphatic rings. The third-order valence-corrected chi connectivity index (χ3v) is 4.47. The molecule has 0 amide bonds. The molecule has 0 fully saturated rings. The molecule has 4 rings (SSSR count). The van der Waals surface area contributed by atoms with Crippen LogP contribution in [0.25, 0.3) is 32.8 Å². The second-order valence-electron chi connectivity index (χ2n) is 7.20. The zero-order valence-corrected chi connectivity index (χ0v) is 20.5. The number of ketones is 1. The largest absolute Gasteiger partial charge is 0.512 e. The van der Waals surface area contributed by atoms with Gasteiger partial charge < -0.3 is 10.1 Å². The molecule has 0 bridgehead atoms. The molecule has 158 valence electrons. The van der Waals surface area contributed by atoms with Gasteiger partial charge in [0.05, 0.1) is 5.76 Å². The van der Waals surface area contributed by atoms with Crippen molar-refractivity contribution in [2.24, 2.45) is 0 Å². The molecule has 1 heterocycles. The first-order chi connectivity index (χ1) is 13.8. The molecule has 0 unspecified atom stereocenters. The van der Waals surface area contributed by atoms with Gasteiger partial charge in [0.15, 0.2) is 5.78 Å². The van der Waals surface area contributed by atoms with Gasteiger partial charge in [-0.15, -0.1) is 34.9 Å². The first-order valence-electron chi connectivity index (χ1n) is 9.50. The number of aryl methyl sites for hydroxylation is 2. The van der Waals surface area contributed by atoms with E-state index in [1.807, 2.05) is 6.20 Å². The number of aliphatic hydroxyl groups is 1. The van der Waals surface area contributed by atoms with E-state index in [0.29, 0.717) is 0 Å². The molecule has 0 spiro atoms. The van der Waals surface area contributed by atoms with Crippen LogP contribution in [0.4, 0.5) is 0 Å². The number of aromatic nitrogens is 1. The van der Waals surface area contributed by atoms with Crippen molar-refractivity contribution in [1.29, 1.82) is 0 Å². The Morgan fingerprint density at radius 1 is 1.00 bits per heavy atom. The number of aliphatic hydroxyl groups excluding tert-OH is 1. The van der Waals surface area contributed by atoms with Crippen molar-refractivity contribution in [3.8, 4) is 11.3 Å². The number of fused-ring (bicyclic) bond motifs is 3. The maximum atomic E-state index is 10.0. The van der Waals surface area contributed by atoms with Crippen LogP contribution in [-0.2, 0) is 24.9 Å². The van der Waals surface area contributed by atoms with E-state index >= 15 is 0 Å². The van der Waals surface area contributed by atoms with Gasteiger partial charge in [-0.2, -0.15) is 0 Å². The predicted octanol–water partition coefficient (Wildman–Crippen LogP) is 6.13. The average molecular weight is 586 g/mol. The molecule has 4 aromatic rings. The standard InChI is InChI=1S/C21H16N.C5H8O2.B.Ir/c1-14-11-15(2)13-18(12-14)21-20-17(9-10-22-21)8-7-16-5-3-4-6-19(16)20;1-4(6)3-5(2)7;;/h3-12H,1-2H3;3,6H,1-2H3;;/q-1;;;. The third-order valence-electron chi connectivity index (χ3n) is 4.47. The maximum Gasteiger partial charge on any atom is 0.155 e. The number of nitrogens with zero attached hydrogens (tertiary/aromatic N) is 1. The monoisotopic (exact) mass is 586 g/mol. The van der Waals surface area contributed by atoms with Gasteiger partial charge in [-0.1, -0.05) is 50.2 Å². The second-order valence-corrected chi connectivity index (χ2v) is 7.20. The fourth-order valence-corrected chi connectivity index (χ4v) is 3.47. The van der Waals surface area contributed by atoms with Crippen molar-refractivity contribution >= 4 is 35.7 Å². The van der Waals surface area contributed by atoms with E-state index in [0.717, 1.165) is 16.8 Å². The molecule has 0 saturated heterocycles. The summed E-state index contributed by atoms with van der Waals surface area (Å²) in [5.41, 5.74) is 4.47. The van der Waals surface area contributed by atoms with Crippen LogP contribution in [-0.4, -0.2) is 24.3 Å². The van der Waals surface area contributed by atoms with E-state index in [9.17, 15) is 4.79 Å². The van der Waals surface area contributed by atoms with Crippen LogP contribution in [0.1, 0.15) is 25.0 Å².